The van der Waals surface area contributed by atoms with Gasteiger partial charge in [-0.25, -0.2) is 4.79 Å². The molecular weight excluding hydrogens is 274 g/mol. The third-order valence-electron chi connectivity index (χ3n) is 3.68. The molecule has 122 valence electrons. The molecule has 0 heterocycles. The van der Waals surface area contributed by atoms with Crippen LogP contribution in [0.4, 0.5) is 0 Å². The Morgan fingerprint density at radius 3 is 2.76 bits per heavy atom. The molecule has 1 amide bonds. The van der Waals surface area contributed by atoms with E-state index >= 15 is 0 Å². The highest BCUT2D eigenvalue weighted by Gasteiger charge is 2.25. The summed E-state index contributed by atoms with van der Waals surface area (Å²) in [5, 5.41) is 11.1. The van der Waals surface area contributed by atoms with Crippen molar-refractivity contribution in [2.45, 2.75) is 58.2 Å². The molecule has 1 fully saturated rings. The summed E-state index contributed by atoms with van der Waals surface area (Å²) in [6.07, 6.45) is 4.82. The van der Waals surface area contributed by atoms with Crippen molar-refractivity contribution in [1.82, 2.24) is 5.32 Å². The molecule has 0 saturated heterocycles. The molecule has 0 spiro atoms. The maximum Gasteiger partial charge on any atom is 0.329 e. The zero-order chi connectivity index (χ0) is 15.7. The van der Waals surface area contributed by atoms with Crippen LogP contribution >= 0.6 is 0 Å². The number of nitrogens with one attached hydrogen (secondary N) is 1. The standard InChI is InChI=1S/C15H27NO5/c1-3-13(21-12-6-4-5-11(2)9-12)15(19)16-7-8-20-10-14(17)18/h11-13H,3-10H2,1-2H3,(H,16,19)(H,17,18). The molecule has 0 radical (unpaired) electrons. The Balaban J connectivity index is 2.24. The zero-order valence-corrected chi connectivity index (χ0v) is 13.0. The van der Waals surface area contributed by atoms with Crippen molar-refractivity contribution in [1.29, 1.82) is 0 Å². The van der Waals surface area contributed by atoms with E-state index in [4.69, 9.17) is 14.6 Å². The minimum absolute atomic E-state index is 0.144. The lowest BCUT2D eigenvalue weighted by molar-refractivity contribution is -0.142. The first kappa shape index (κ1) is 17.9. The number of ether oxygens (including phenoxy) is 2. The van der Waals surface area contributed by atoms with E-state index in [1.807, 2.05) is 6.92 Å². The van der Waals surface area contributed by atoms with Crippen molar-refractivity contribution in [3.63, 3.8) is 0 Å². The van der Waals surface area contributed by atoms with Gasteiger partial charge in [-0.05, 0) is 25.2 Å². The molecule has 3 unspecified atom stereocenters. The number of carboxylic acids is 1. The largest absolute Gasteiger partial charge is 0.480 e. The highest BCUT2D eigenvalue weighted by molar-refractivity contribution is 5.80. The van der Waals surface area contributed by atoms with Crippen LogP contribution in [0, 0.1) is 5.92 Å². The zero-order valence-electron chi connectivity index (χ0n) is 13.0. The van der Waals surface area contributed by atoms with Crippen LogP contribution in [-0.4, -0.2) is 48.9 Å². The van der Waals surface area contributed by atoms with Crippen molar-refractivity contribution in [3.8, 4) is 0 Å². The van der Waals surface area contributed by atoms with E-state index in [1.54, 1.807) is 0 Å². The first-order chi connectivity index (χ1) is 10.0. The van der Waals surface area contributed by atoms with Gasteiger partial charge in [0.2, 0.25) is 5.91 Å². The fraction of sp³-hybridized carbons (Fsp3) is 0.867. The monoisotopic (exact) mass is 301 g/mol. The van der Waals surface area contributed by atoms with Gasteiger partial charge in [-0.3, -0.25) is 4.79 Å². The Morgan fingerprint density at radius 1 is 1.38 bits per heavy atom. The molecule has 1 rings (SSSR count). The quantitative estimate of drug-likeness (QED) is 0.632. The third kappa shape index (κ3) is 7.43. The predicted octanol–water partition coefficient (Wildman–Crippen LogP) is 1.58. The molecule has 21 heavy (non-hydrogen) atoms. The molecular formula is C15H27NO5. The van der Waals surface area contributed by atoms with Crippen LogP contribution in [0.15, 0.2) is 0 Å². The molecule has 1 aliphatic rings. The van der Waals surface area contributed by atoms with Crippen LogP contribution in [0.5, 0.6) is 0 Å². The molecule has 6 heteroatoms. The van der Waals surface area contributed by atoms with E-state index in [-0.39, 0.29) is 25.2 Å². The highest BCUT2D eigenvalue weighted by Crippen LogP contribution is 2.26. The van der Waals surface area contributed by atoms with E-state index in [0.717, 1.165) is 19.3 Å². The summed E-state index contributed by atoms with van der Waals surface area (Å²) < 4.78 is 10.8. The maximum atomic E-state index is 12.0. The molecule has 6 nitrogen and oxygen atoms in total. The highest BCUT2D eigenvalue weighted by atomic mass is 16.5. The Kier molecular flexibility index (Phi) is 8.30. The van der Waals surface area contributed by atoms with E-state index < -0.39 is 12.1 Å². The SMILES string of the molecule is CCC(OC1CCCC(C)C1)C(=O)NCCOCC(=O)O. The lowest BCUT2D eigenvalue weighted by Gasteiger charge is -2.29. The summed E-state index contributed by atoms with van der Waals surface area (Å²) in [4.78, 5) is 22.3. The average molecular weight is 301 g/mol. The van der Waals surface area contributed by atoms with Crippen molar-refractivity contribution >= 4 is 11.9 Å². The van der Waals surface area contributed by atoms with Gasteiger partial charge in [-0.2, -0.15) is 0 Å². The van der Waals surface area contributed by atoms with Gasteiger partial charge in [-0.1, -0.05) is 26.7 Å². The van der Waals surface area contributed by atoms with Gasteiger partial charge in [0.05, 0.1) is 12.7 Å². The number of carbonyl (C=O) groups is 2. The molecule has 3 atom stereocenters. The Hall–Kier alpha value is -1.14. The van der Waals surface area contributed by atoms with Gasteiger partial charge in [0.1, 0.15) is 12.7 Å². The van der Waals surface area contributed by atoms with Crippen molar-refractivity contribution in [2.24, 2.45) is 5.92 Å². The minimum atomic E-state index is -1.01. The van der Waals surface area contributed by atoms with Gasteiger partial charge >= 0.3 is 5.97 Å². The molecule has 2 N–H and O–H groups in total. The first-order valence-corrected chi connectivity index (χ1v) is 7.75. The fourth-order valence-electron chi connectivity index (χ4n) is 2.60. The summed E-state index contributed by atoms with van der Waals surface area (Å²) in [7, 11) is 0. The fourth-order valence-corrected chi connectivity index (χ4v) is 2.60. The molecule has 1 aliphatic carbocycles. The van der Waals surface area contributed by atoms with Gasteiger partial charge in [-0.15, -0.1) is 0 Å². The smallest absolute Gasteiger partial charge is 0.329 e. The van der Waals surface area contributed by atoms with Gasteiger partial charge in [0.25, 0.3) is 0 Å². The number of carbonyl (C=O) groups excluding carboxylic acids is 1. The van der Waals surface area contributed by atoms with E-state index in [9.17, 15) is 9.59 Å². The normalized spacial score (nSPS) is 23.5. The van der Waals surface area contributed by atoms with Crippen LogP contribution in [0.1, 0.15) is 46.0 Å². The number of carboxylic acid groups (broad SMARTS) is 1. The van der Waals surface area contributed by atoms with Crippen LogP contribution in [-0.2, 0) is 19.1 Å². The lowest BCUT2D eigenvalue weighted by Crippen LogP contribution is -2.40. The van der Waals surface area contributed by atoms with Crippen LogP contribution in [0.2, 0.25) is 0 Å². The minimum Gasteiger partial charge on any atom is -0.480 e. The van der Waals surface area contributed by atoms with Crippen molar-refractivity contribution in [3.05, 3.63) is 0 Å². The molecule has 0 aromatic carbocycles. The van der Waals surface area contributed by atoms with Gasteiger partial charge in [0, 0.05) is 6.54 Å². The van der Waals surface area contributed by atoms with Crippen molar-refractivity contribution in [2.75, 3.05) is 19.8 Å². The number of hydrogen-bond acceptors (Lipinski definition) is 4. The Bertz CT molecular complexity index is 334. The summed E-state index contributed by atoms with van der Waals surface area (Å²) in [5.41, 5.74) is 0. The van der Waals surface area contributed by atoms with Crippen molar-refractivity contribution < 1.29 is 24.2 Å². The van der Waals surface area contributed by atoms with E-state index in [0.29, 0.717) is 18.9 Å². The molecule has 1 saturated carbocycles. The maximum absolute atomic E-state index is 12.0. The number of hydrogen-bond donors (Lipinski definition) is 2. The molecule has 0 bridgehead atoms. The predicted molar refractivity (Wildman–Crippen MR) is 78.0 cm³/mol. The van der Waals surface area contributed by atoms with Crippen LogP contribution in [0.25, 0.3) is 0 Å². The number of amides is 1. The Morgan fingerprint density at radius 2 is 2.14 bits per heavy atom. The molecule has 0 aliphatic heterocycles. The summed E-state index contributed by atoms with van der Waals surface area (Å²) in [5.74, 6) is -0.495. The summed E-state index contributed by atoms with van der Waals surface area (Å²) in [6.45, 7) is 4.29. The second-order valence-electron chi connectivity index (χ2n) is 5.66. The topological polar surface area (TPSA) is 84.9 Å². The van der Waals surface area contributed by atoms with Gasteiger partial charge in [0.15, 0.2) is 0 Å². The second-order valence-corrected chi connectivity index (χ2v) is 5.66. The summed E-state index contributed by atoms with van der Waals surface area (Å²) in [6, 6.07) is 0. The number of aliphatic carboxylic acids is 1. The lowest BCUT2D eigenvalue weighted by atomic mass is 9.88. The average Bonchev–Trinajstić information content (AvgIpc) is 2.44. The Labute approximate surface area is 126 Å². The van der Waals surface area contributed by atoms with Gasteiger partial charge < -0.3 is 19.9 Å². The van der Waals surface area contributed by atoms with Crippen LogP contribution in [0.3, 0.4) is 0 Å². The first-order valence-electron chi connectivity index (χ1n) is 7.75. The summed E-state index contributed by atoms with van der Waals surface area (Å²) >= 11 is 0. The van der Waals surface area contributed by atoms with E-state index in [2.05, 4.69) is 12.2 Å². The number of rotatable bonds is 9. The molecule has 0 aromatic heterocycles. The second kappa shape index (κ2) is 9.73. The van der Waals surface area contributed by atoms with E-state index in [1.165, 1.54) is 6.42 Å². The molecule has 0 aromatic rings. The van der Waals surface area contributed by atoms with Crippen LogP contribution < -0.4 is 5.32 Å². The third-order valence-corrected chi connectivity index (χ3v) is 3.68.